The maximum atomic E-state index is 13.2. The Bertz CT molecular complexity index is 611. The third-order valence-corrected chi connectivity index (χ3v) is 3.07. The maximum Gasteiger partial charge on any atom is 0.196 e. The van der Waals surface area contributed by atoms with Gasteiger partial charge in [0.25, 0.3) is 0 Å². The molecular formula is C15H12BrFO2. The van der Waals surface area contributed by atoms with Crippen molar-refractivity contribution in [3.8, 4) is 5.75 Å². The lowest BCUT2D eigenvalue weighted by molar-refractivity contribution is 0.103. The molecule has 0 radical (unpaired) electrons. The van der Waals surface area contributed by atoms with E-state index in [1.807, 2.05) is 6.92 Å². The van der Waals surface area contributed by atoms with Crippen molar-refractivity contribution in [1.82, 2.24) is 0 Å². The van der Waals surface area contributed by atoms with Crippen molar-refractivity contribution in [3.05, 3.63) is 63.9 Å². The van der Waals surface area contributed by atoms with E-state index >= 15 is 0 Å². The van der Waals surface area contributed by atoms with Gasteiger partial charge in [-0.15, -0.1) is 0 Å². The molecular weight excluding hydrogens is 311 g/mol. The monoisotopic (exact) mass is 322 g/mol. The number of hydrogen-bond donors (Lipinski definition) is 0. The normalized spacial score (nSPS) is 10.3. The molecule has 19 heavy (non-hydrogen) atoms. The minimum absolute atomic E-state index is 0.260. The summed E-state index contributed by atoms with van der Waals surface area (Å²) < 4.78 is 19.4. The van der Waals surface area contributed by atoms with Crippen LogP contribution in [0.3, 0.4) is 0 Å². The molecule has 0 aromatic heterocycles. The number of carbonyl (C=O) groups is 1. The zero-order chi connectivity index (χ0) is 13.8. The molecule has 0 aliphatic heterocycles. The van der Waals surface area contributed by atoms with Crippen molar-refractivity contribution in [3.63, 3.8) is 0 Å². The first-order valence-corrected chi connectivity index (χ1v) is 6.63. The van der Waals surface area contributed by atoms with Crippen LogP contribution in [0.1, 0.15) is 22.8 Å². The Morgan fingerprint density at radius 1 is 1.26 bits per heavy atom. The summed E-state index contributed by atoms with van der Waals surface area (Å²) in [6, 6.07) is 10.8. The first-order chi connectivity index (χ1) is 9.11. The highest BCUT2D eigenvalue weighted by molar-refractivity contribution is 9.10. The van der Waals surface area contributed by atoms with Gasteiger partial charge in [-0.05, 0) is 37.3 Å². The van der Waals surface area contributed by atoms with Crippen molar-refractivity contribution in [2.45, 2.75) is 6.92 Å². The number of rotatable bonds is 4. The largest absolute Gasteiger partial charge is 0.493 e. The number of carbonyl (C=O) groups excluding carboxylic acids is 1. The first kappa shape index (κ1) is 13.7. The summed E-state index contributed by atoms with van der Waals surface area (Å²) in [5.74, 6) is -0.192. The minimum Gasteiger partial charge on any atom is -0.493 e. The second-order valence-electron chi connectivity index (χ2n) is 3.91. The SMILES string of the molecule is CCOc1ccc(Br)cc1C(=O)c1cccc(F)c1. The average Bonchev–Trinajstić information content (AvgIpc) is 2.40. The van der Waals surface area contributed by atoms with Gasteiger partial charge in [0.05, 0.1) is 12.2 Å². The Balaban J connectivity index is 2.45. The van der Waals surface area contributed by atoms with Crippen LogP contribution in [0, 0.1) is 5.82 Å². The maximum absolute atomic E-state index is 13.2. The molecule has 0 saturated carbocycles. The summed E-state index contributed by atoms with van der Waals surface area (Å²) in [5.41, 5.74) is 0.723. The van der Waals surface area contributed by atoms with Gasteiger partial charge in [0.2, 0.25) is 0 Å². The lowest BCUT2D eigenvalue weighted by Crippen LogP contribution is -2.05. The van der Waals surface area contributed by atoms with Crippen LogP contribution in [-0.4, -0.2) is 12.4 Å². The van der Waals surface area contributed by atoms with E-state index in [1.165, 1.54) is 18.2 Å². The summed E-state index contributed by atoms with van der Waals surface area (Å²) in [5, 5.41) is 0. The molecule has 0 saturated heterocycles. The highest BCUT2D eigenvalue weighted by Crippen LogP contribution is 2.26. The van der Waals surface area contributed by atoms with E-state index in [4.69, 9.17) is 4.74 Å². The van der Waals surface area contributed by atoms with Gasteiger partial charge in [-0.25, -0.2) is 4.39 Å². The predicted octanol–water partition coefficient (Wildman–Crippen LogP) is 4.22. The van der Waals surface area contributed by atoms with Crippen molar-refractivity contribution in [2.24, 2.45) is 0 Å². The fourth-order valence-corrected chi connectivity index (χ4v) is 2.11. The van der Waals surface area contributed by atoms with E-state index in [2.05, 4.69) is 15.9 Å². The standard InChI is InChI=1S/C15H12BrFO2/c1-2-19-14-7-6-11(16)9-13(14)15(18)10-4-3-5-12(17)8-10/h3-9H,2H2,1H3. The zero-order valence-corrected chi connectivity index (χ0v) is 11.9. The highest BCUT2D eigenvalue weighted by Gasteiger charge is 2.15. The molecule has 2 rings (SSSR count). The smallest absolute Gasteiger partial charge is 0.196 e. The van der Waals surface area contributed by atoms with Crippen molar-refractivity contribution in [1.29, 1.82) is 0 Å². The van der Waals surface area contributed by atoms with Crippen LogP contribution in [0.25, 0.3) is 0 Å². The van der Waals surface area contributed by atoms with Crippen LogP contribution >= 0.6 is 15.9 Å². The minimum atomic E-state index is -0.432. The quantitative estimate of drug-likeness (QED) is 0.788. The number of hydrogen-bond acceptors (Lipinski definition) is 2. The molecule has 0 bridgehead atoms. The molecule has 0 aliphatic rings. The van der Waals surface area contributed by atoms with Gasteiger partial charge in [0, 0.05) is 10.0 Å². The van der Waals surface area contributed by atoms with Gasteiger partial charge < -0.3 is 4.74 Å². The average molecular weight is 323 g/mol. The first-order valence-electron chi connectivity index (χ1n) is 5.84. The number of ketones is 1. The van der Waals surface area contributed by atoms with E-state index in [-0.39, 0.29) is 5.78 Å². The van der Waals surface area contributed by atoms with Crippen LogP contribution in [-0.2, 0) is 0 Å². The Morgan fingerprint density at radius 2 is 2.05 bits per heavy atom. The fourth-order valence-electron chi connectivity index (χ4n) is 1.75. The summed E-state index contributed by atoms with van der Waals surface area (Å²) in [6.45, 7) is 2.31. The lowest BCUT2D eigenvalue weighted by Gasteiger charge is -2.10. The molecule has 98 valence electrons. The van der Waals surface area contributed by atoms with E-state index in [0.29, 0.717) is 23.5 Å². The molecule has 2 nitrogen and oxygen atoms in total. The van der Waals surface area contributed by atoms with Gasteiger partial charge in [0.15, 0.2) is 5.78 Å². The summed E-state index contributed by atoms with van der Waals surface area (Å²) in [4.78, 5) is 12.4. The molecule has 0 fully saturated rings. The third kappa shape index (κ3) is 3.20. The predicted molar refractivity (Wildman–Crippen MR) is 75.1 cm³/mol. The van der Waals surface area contributed by atoms with Crippen LogP contribution < -0.4 is 4.74 Å². The van der Waals surface area contributed by atoms with E-state index in [0.717, 1.165) is 4.47 Å². The number of benzene rings is 2. The van der Waals surface area contributed by atoms with Crippen molar-refractivity contribution < 1.29 is 13.9 Å². The summed E-state index contributed by atoms with van der Waals surface area (Å²) >= 11 is 3.32. The lowest BCUT2D eigenvalue weighted by atomic mass is 10.0. The van der Waals surface area contributed by atoms with E-state index < -0.39 is 5.82 Å². The highest BCUT2D eigenvalue weighted by atomic mass is 79.9. The van der Waals surface area contributed by atoms with Gasteiger partial charge in [0.1, 0.15) is 11.6 Å². The summed E-state index contributed by atoms with van der Waals surface area (Å²) in [6.07, 6.45) is 0. The third-order valence-electron chi connectivity index (χ3n) is 2.57. The second kappa shape index (κ2) is 5.97. The summed E-state index contributed by atoms with van der Waals surface area (Å²) in [7, 11) is 0. The molecule has 2 aromatic carbocycles. The van der Waals surface area contributed by atoms with E-state index in [9.17, 15) is 9.18 Å². The Labute approximate surface area is 119 Å². The Morgan fingerprint density at radius 3 is 2.74 bits per heavy atom. The molecule has 0 amide bonds. The number of halogens is 2. The zero-order valence-electron chi connectivity index (χ0n) is 10.3. The molecule has 0 N–H and O–H groups in total. The second-order valence-corrected chi connectivity index (χ2v) is 4.83. The van der Waals surface area contributed by atoms with Gasteiger partial charge in [-0.1, -0.05) is 28.1 Å². The van der Waals surface area contributed by atoms with Crippen molar-refractivity contribution in [2.75, 3.05) is 6.61 Å². The molecule has 0 aliphatic carbocycles. The molecule has 2 aromatic rings. The molecule has 4 heteroatoms. The van der Waals surface area contributed by atoms with Gasteiger partial charge >= 0.3 is 0 Å². The Kier molecular flexibility index (Phi) is 4.32. The van der Waals surface area contributed by atoms with Crippen LogP contribution in [0.5, 0.6) is 5.75 Å². The van der Waals surface area contributed by atoms with Crippen LogP contribution in [0.4, 0.5) is 4.39 Å². The number of ether oxygens (including phenoxy) is 1. The van der Waals surface area contributed by atoms with Gasteiger partial charge in [-0.2, -0.15) is 0 Å². The van der Waals surface area contributed by atoms with Crippen LogP contribution in [0.2, 0.25) is 0 Å². The molecule has 0 atom stereocenters. The molecule has 0 unspecified atom stereocenters. The Hall–Kier alpha value is -1.68. The van der Waals surface area contributed by atoms with Crippen molar-refractivity contribution >= 4 is 21.7 Å². The van der Waals surface area contributed by atoms with Crippen LogP contribution in [0.15, 0.2) is 46.9 Å². The van der Waals surface area contributed by atoms with E-state index in [1.54, 1.807) is 24.3 Å². The molecule has 0 spiro atoms. The van der Waals surface area contributed by atoms with Gasteiger partial charge in [-0.3, -0.25) is 4.79 Å². The fraction of sp³-hybridized carbons (Fsp3) is 0.133. The topological polar surface area (TPSA) is 26.3 Å². The molecule has 0 heterocycles.